The van der Waals surface area contributed by atoms with Crippen LogP contribution in [0.2, 0.25) is 5.02 Å². The van der Waals surface area contributed by atoms with Gasteiger partial charge in [0.1, 0.15) is 12.4 Å². The average molecular weight is 380 g/mol. The van der Waals surface area contributed by atoms with Gasteiger partial charge in [-0.25, -0.2) is 8.78 Å². The van der Waals surface area contributed by atoms with Crippen LogP contribution in [0.5, 0.6) is 5.75 Å². The van der Waals surface area contributed by atoms with Gasteiger partial charge in [-0.05, 0) is 41.8 Å². The van der Waals surface area contributed by atoms with Crippen LogP contribution in [0.3, 0.4) is 0 Å². The van der Waals surface area contributed by atoms with Crippen LogP contribution in [0.4, 0.5) is 14.5 Å². The van der Waals surface area contributed by atoms with Crippen LogP contribution in [0, 0.1) is 11.6 Å². The first-order valence-corrected chi connectivity index (χ1v) is 8.49. The lowest BCUT2D eigenvalue weighted by Gasteiger charge is -2.05. The number of ether oxygens (including phenoxy) is 1. The van der Waals surface area contributed by atoms with E-state index in [0.29, 0.717) is 15.6 Å². The molecule has 0 saturated carbocycles. The standard InChI is InChI=1S/C18H12ClF2NO2S/c19-12-2-1-3-14(7-12)24-9-11-6-17(25-10-11)18(23)22-13-4-5-15(20)16(21)8-13/h1-8,10H,9H2,(H,22,23). The summed E-state index contributed by atoms with van der Waals surface area (Å²) in [6, 6.07) is 11.9. The molecule has 3 rings (SSSR count). The Labute approximate surface area is 151 Å². The van der Waals surface area contributed by atoms with Crippen molar-refractivity contribution in [2.24, 2.45) is 0 Å². The Hall–Kier alpha value is -2.44. The van der Waals surface area contributed by atoms with Crippen molar-refractivity contribution in [2.75, 3.05) is 5.32 Å². The van der Waals surface area contributed by atoms with Gasteiger partial charge >= 0.3 is 0 Å². The van der Waals surface area contributed by atoms with E-state index in [0.717, 1.165) is 17.7 Å². The summed E-state index contributed by atoms with van der Waals surface area (Å²) >= 11 is 7.13. The lowest BCUT2D eigenvalue weighted by atomic mass is 10.2. The first kappa shape index (κ1) is 17.4. The molecule has 0 atom stereocenters. The third-order valence-electron chi connectivity index (χ3n) is 3.26. The second-order valence-corrected chi connectivity index (χ2v) is 6.50. The Bertz CT molecular complexity index is 914. The summed E-state index contributed by atoms with van der Waals surface area (Å²) in [5.41, 5.74) is 1.01. The fraction of sp³-hybridized carbons (Fsp3) is 0.0556. The molecule has 1 amide bonds. The van der Waals surface area contributed by atoms with Crippen molar-refractivity contribution in [1.82, 2.24) is 0 Å². The highest BCUT2D eigenvalue weighted by atomic mass is 35.5. The van der Waals surface area contributed by atoms with Crippen molar-refractivity contribution in [3.8, 4) is 5.75 Å². The third-order valence-corrected chi connectivity index (χ3v) is 4.47. The minimum absolute atomic E-state index is 0.189. The molecule has 0 aliphatic heterocycles. The van der Waals surface area contributed by atoms with Crippen LogP contribution < -0.4 is 10.1 Å². The van der Waals surface area contributed by atoms with Gasteiger partial charge in [-0.2, -0.15) is 0 Å². The molecule has 2 aromatic carbocycles. The van der Waals surface area contributed by atoms with Gasteiger partial charge in [0, 0.05) is 22.3 Å². The molecule has 1 N–H and O–H groups in total. The van der Waals surface area contributed by atoms with Crippen LogP contribution in [0.1, 0.15) is 15.2 Å². The summed E-state index contributed by atoms with van der Waals surface area (Å²) in [4.78, 5) is 12.6. The Kier molecular flexibility index (Phi) is 5.31. The van der Waals surface area contributed by atoms with Crippen molar-refractivity contribution < 1.29 is 18.3 Å². The molecule has 0 aliphatic carbocycles. The van der Waals surface area contributed by atoms with Gasteiger partial charge in [0.15, 0.2) is 11.6 Å². The molecule has 0 unspecified atom stereocenters. The number of carbonyl (C=O) groups excluding carboxylic acids is 1. The number of benzene rings is 2. The summed E-state index contributed by atoms with van der Waals surface area (Å²) in [7, 11) is 0. The van der Waals surface area contributed by atoms with E-state index in [2.05, 4.69) is 5.32 Å². The largest absolute Gasteiger partial charge is 0.489 e. The van der Waals surface area contributed by atoms with E-state index in [1.165, 1.54) is 17.4 Å². The summed E-state index contributed by atoms with van der Waals surface area (Å²) in [5.74, 6) is -1.74. The van der Waals surface area contributed by atoms with Crippen LogP contribution in [-0.2, 0) is 6.61 Å². The lowest BCUT2D eigenvalue weighted by Crippen LogP contribution is -2.10. The van der Waals surface area contributed by atoms with E-state index in [4.69, 9.17) is 16.3 Å². The number of thiophene rings is 1. The third kappa shape index (κ3) is 4.55. The predicted molar refractivity (Wildman–Crippen MR) is 94.4 cm³/mol. The van der Waals surface area contributed by atoms with Crippen molar-refractivity contribution in [3.63, 3.8) is 0 Å². The van der Waals surface area contributed by atoms with Gasteiger partial charge in [0.2, 0.25) is 0 Å². The monoisotopic (exact) mass is 379 g/mol. The number of hydrogen-bond acceptors (Lipinski definition) is 3. The maximum atomic E-state index is 13.2. The number of rotatable bonds is 5. The lowest BCUT2D eigenvalue weighted by molar-refractivity contribution is 0.103. The Morgan fingerprint density at radius 2 is 1.96 bits per heavy atom. The topological polar surface area (TPSA) is 38.3 Å². The quantitative estimate of drug-likeness (QED) is 0.634. The van der Waals surface area contributed by atoms with Crippen molar-refractivity contribution in [1.29, 1.82) is 0 Å². The molecule has 7 heteroatoms. The van der Waals surface area contributed by atoms with Gasteiger partial charge < -0.3 is 10.1 Å². The number of amides is 1. The minimum Gasteiger partial charge on any atom is -0.489 e. The molecule has 0 bridgehead atoms. The van der Waals surface area contributed by atoms with Crippen LogP contribution in [0.25, 0.3) is 0 Å². The Morgan fingerprint density at radius 1 is 1.12 bits per heavy atom. The highest BCUT2D eigenvalue weighted by Crippen LogP contribution is 2.22. The molecule has 0 fully saturated rings. The molecule has 3 aromatic rings. The van der Waals surface area contributed by atoms with Gasteiger partial charge in [-0.3, -0.25) is 4.79 Å². The molecule has 1 heterocycles. The van der Waals surface area contributed by atoms with Gasteiger partial charge in [0.25, 0.3) is 5.91 Å². The highest BCUT2D eigenvalue weighted by Gasteiger charge is 2.11. The van der Waals surface area contributed by atoms with Crippen LogP contribution >= 0.6 is 22.9 Å². The second-order valence-electron chi connectivity index (χ2n) is 5.15. The molecule has 25 heavy (non-hydrogen) atoms. The SMILES string of the molecule is O=C(Nc1ccc(F)c(F)c1)c1cc(COc2cccc(Cl)c2)cs1. The first-order chi connectivity index (χ1) is 12.0. The molecule has 0 spiro atoms. The summed E-state index contributed by atoms with van der Waals surface area (Å²) in [6.45, 7) is 0.287. The van der Waals surface area contributed by atoms with Gasteiger partial charge in [-0.15, -0.1) is 11.3 Å². The van der Waals surface area contributed by atoms with E-state index in [9.17, 15) is 13.6 Å². The number of nitrogens with one attached hydrogen (secondary N) is 1. The fourth-order valence-corrected chi connectivity index (χ4v) is 3.03. The van der Waals surface area contributed by atoms with Gasteiger partial charge in [0.05, 0.1) is 4.88 Å². The maximum absolute atomic E-state index is 13.2. The van der Waals surface area contributed by atoms with Crippen molar-refractivity contribution in [2.45, 2.75) is 6.61 Å². The molecule has 0 saturated heterocycles. The van der Waals surface area contributed by atoms with Crippen LogP contribution in [-0.4, -0.2) is 5.91 Å². The molecular formula is C18H12ClF2NO2S. The number of halogens is 3. The maximum Gasteiger partial charge on any atom is 0.265 e. The second kappa shape index (κ2) is 7.63. The molecule has 0 radical (unpaired) electrons. The zero-order valence-corrected chi connectivity index (χ0v) is 14.3. The predicted octanol–water partition coefficient (Wildman–Crippen LogP) is 5.51. The molecule has 128 valence electrons. The normalized spacial score (nSPS) is 10.5. The zero-order chi connectivity index (χ0) is 17.8. The van der Waals surface area contributed by atoms with E-state index in [1.54, 1.807) is 35.7 Å². The Morgan fingerprint density at radius 3 is 2.72 bits per heavy atom. The van der Waals surface area contributed by atoms with Gasteiger partial charge in [-0.1, -0.05) is 17.7 Å². The molecule has 3 nitrogen and oxygen atoms in total. The highest BCUT2D eigenvalue weighted by molar-refractivity contribution is 7.12. The Balaban J connectivity index is 1.62. The van der Waals surface area contributed by atoms with E-state index >= 15 is 0 Å². The minimum atomic E-state index is -1.01. The average Bonchev–Trinajstić information content (AvgIpc) is 3.06. The number of carbonyl (C=O) groups is 1. The van der Waals surface area contributed by atoms with E-state index in [1.807, 2.05) is 0 Å². The van der Waals surface area contributed by atoms with Crippen LogP contribution in [0.15, 0.2) is 53.9 Å². The summed E-state index contributed by atoms with van der Waals surface area (Å²) in [6.07, 6.45) is 0. The number of hydrogen-bond donors (Lipinski definition) is 1. The summed E-state index contributed by atoms with van der Waals surface area (Å²) in [5, 5.41) is 4.90. The van der Waals surface area contributed by atoms with E-state index in [-0.39, 0.29) is 12.3 Å². The number of anilines is 1. The van der Waals surface area contributed by atoms with Crippen molar-refractivity contribution in [3.05, 3.63) is 81.0 Å². The molecular weight excluding hydrogens is 368 g/mol. The van der Waals surface area contributed by atoms with Crippen molar-refractivity contribution >= 4 is 34.5 Å². The zero-order valence-electron chi connectivity index (χ0n) is 12.8. The van der Waals surface area contributed by atoms with E-state index < -0.39 is 17.5 Å². The molecule has 1 aromatic heterocycles. The smallest absolute Gasteiger partial charge is 0.265 e. The summed E-state index contributed by atoms with van der Waals surface area (Å²) < 4.78 is 31.7. The fourth-order valence-electron chi connectivity index (χ4n) is 2.06. The first-order valence-electron chi connectivity index (χ1n) is 7.23. The molecule has 0 aliphatic rings.